The van der Waals surface area contributed by atoms with Gasteiger partial charge in [-0.3, -0.25) is 4.79 Å². The number of methoxy groups -OCH3 is 1. The van der Waals surface area contributed by atoms with Crippen LogP contribution >= 0.6 is 11.3 Å². The molecule has 0 spiro atoms. The lowest BCUT2D eigenvalue weighted by Crippen LogP contribution is -2.16. The number of fused-ring (bicyclic) bond motifs is 1. The highest BCUT2D eigenvalue weighted by molar-refractivity contribution is 7.14. The zero-order valence-corrected chi connectivity index (χ0v) is 7.95. The molecule has 0 atom stereocenters. The number of hydrogen-bond donors (Lipinski definition) is 0. The second kappa shape index (κ2) is 3.18. The maximum atomic E-state index is 11.2. The first-order valence-corrected chi connectivity index (χ1v) is 4.52. The van der Waals surface area contributed by atoms with Crippen molar-refractivity contribution < 1.29 is 9.53 Å². The van der Waals surface area contributed by atoms with Crippen LogP contribution in [0.2, 0.25) is 0 Å². The van der Waals surface area contributed by atoms with Gasteiger partial charge in [-0.15, -0.1) is 0 Å². The van der Waals surface area contributed by atoms with Crippen molar-refractivity contribution in [2.45, 2.75) is 0 Å². The molecule has 0 saturated carbocycles. The van der Waals surface area contributed by atoms with E-state index in [4.69, 9.17) is 0 Å². The van der Waals surface area contributed by atoms with Gasteiger partial charge in [0, 0.05) is 6.07 Å². The quantitative estimate of drug-likeness (QED) is 0.618. The van der Waals surface area contributed by atoms with Gasteiger partial charge in [-0.05, 0) is 0 Å². The van der Waals surface area contributed by atoms with Crippen LogP contribution in [0.15, 0.2) is 16.4 Å². The van der Waals surface area contributed by atoms with Crippen molar-refractivity contribution in [3.8, 4) is 0 Å². The fourth-order valence-electron chi connectivity index (χ4n) is 1.01. The monoisotopic (exact) mass is 211 g/mol. The Morgan fingerprint density at radius 1 is 1.64 bits per heavy atom. The van der Waals surface area contributed by atoms with Gasteiger partial charge >= 0.3 is 5.97 Å². The summed E-state index contributed by atoms with van der Waals surface area (Å²) in [5.41, 5.74) is 1.10. The first-order valence-electron chi connectivity index (χ1n) is 3.64. The molecule has 2 rings (SSSR count). The molecule has 7 heteroatoms. The molecule has 0 bridgehead atoms. The van der Waals surface area contributed by atoms with E-state index >= 15 is 0 Å². The van der Waals surface area contributed by atoms with E-state index in [0.717, 1.165) is 6.07 Å². The average Bonchev–Trinajstić information content (AvgIpc) is 2.62. The number of rotatable bonds is 1. The molecule has 6 nitrogen and oxygen atoms in total. The third kappa shape index (κ3) is 1.27. The summed E-state index contributed by atoms with van der Waals surface area (Å²) in [4.78, 5) is 26.3. The smallest absolute Gasteiger partial charge is 0.357 e. The van der Waals surface area contributed by atoms with Crippen molar-refractivity contribution in [1.82, 2.24) is 14.6 Å². The lowest BCUT2D eigenvalue weighted by atomic mass is 10.4. The van der Waals surface area contributed by atoms with E-state index in [9.17, 15) is 9.59 Å². The molecule has 2 heterocycles. The minimum Gasteiger partial charge on any atom is -0.464 e. The second-order valence-corrected chi connectivity index (χ2v) is 3.22. The van der Waals surface area contributed by atoms with Crippen LogP contribution in [-0.2, 0) is 4.74 Å². The number of nitrogens with zero attached hydrogens (tertiary/aromatic N) is 3. The van der Waals surface area contributed by atoms with Gasteiger partial charge in [0.15, 0.2) is 5.69 Å². The maximum Gasteiger partial charge on any atom is 0.357 e. The van der Waals surface area contributed by atoms with Gasteiger partial charge in [-0.1, -0.05) is 11.3 Å². The van der Waals surface area contributed by atoms with Crippen LogP contribution < -0.4 is 5.56 Å². The normalized spacial score (nSPS) is 10.4. The number of aromatic nitrogens is 3. The van der Waals surface area contributed by atoms with E-state index in [-0.39, 0.29) is 5.69 Å². The van der Waals surface area contributed by atoms with Crippen molar-refractivity contribution in [3.63, 3.8) is 0 Å². The first-order chi connectivity index (χ1) is 6.72. The SMILES string of the molecule is COC(=O)c1cc(=O)nc2scnn12. The maximum absolute atomic E-state index is 11.2. The molecule has 2 aromatic rings. The summed E-state index contributed by atoms with van der Waals surface area (Å²) in [5.74, 6) is -0.606. The molecule has 0 amide bonds. The molecule has 0 saturated heterocycles. The van der Waals surface area contributed by atoms with E-state index in [1.807, 2.05) is 0 Å². The summed E-state index contributed by atoms with van der Waals surface area (Å²) in [5, 5.41) is 3.86. The molecule has 2 aromatic heterocycles. The van der Waals surface area contributed by atoms with Gasteiger partial charge < -0.3 is 4.74 Å². The van der Waals surface area contributed by atoms with Gasteiger partial charge in [0.2, 0.25) is 4.96 Å². The van der Waals surface area contributed by atoms with Crippen LogP contribution in [0, 0.1) is 0 Å². The summed E-state index contributed by atoms with van der Waals surface area (Å²) in [6.45, 7) is 0. The number of esters is 1. The van der Waals surface area contributed by atoms with Gasteiger partial charge in [-0.2, -0.15) is 14.6 Å². The molecule has 0 fully saturated rings. The lowest BCUT2D eigenvalue weighted by molar-refractivity contribution is 0.0590. The molecular formula is C7H5N3O3S. The Bertz CT molecular complexity index is 544. The highest BCUT2D eigenvalue weighted by Gasteiger charge is 2.13. The summed E-state index contributed by atoms with van der Waals surface area (Å²) in [6, 6.07) is 1.10. The highest BCUT2D eigenvalue weighted by Crippen LogP contribution is 2.06. The molecule has 14 heavy (non-hydrogen) atoms. The molecular weight excluding hydrogens is 206 g/mol. The van der Waals surface area contributed by atoms with E-state index in [2.05, 4.69) is 14.8 Å². The molecule has 0 N–H and O–H groups in total. The summed E-state index contributed by atoms with van der Waals surface area (Å²) < 4.78 is 5.78. The zero-order valence-electron chi connectivity index (χ0n) is 7.13. The summed E-state index contributed by atoms with van der Waals surface area (Å²) >= 11 is 1.18. The van der Waals surface area contributed by atoms with Crippen molar-refractivity contribution in [3.05, 3.63) is 27.6 Å². The molecule has 0 aliphatic carbocycles. The Balaban J connectivity index is 2.79. The van der Waals surface area contributed by atoms with Crippen LogP contribution in [-0.4, -0.2) is 27.7 Å². The van der Waals surface area contributed by atoms with E-state index < -0.39 is 11.5 Å². The zero-order chi connectivity index (χ0) is 10.1. The van der Waals surface area contributed by atoms with Gasteiger partial charge in [-0.25, -0.2) is 4.79 Å². The first kappa shape index (κ1) is 8.82. The third-order valence-corrected chi connectivity index (χ3v) is 2.27. The van der Waals surface area contributed by atoms with Crippen molar-refractivity contribution in [1.29, 1.82) is 0 Å². The van der Waals surface area contributed by atoms with Gasteiger partial charge in [0.25, 0.3) is 5.56 Å². The fourth-order valence-corrected chi connectivity index (χ4v) is 1.63. The standard InChI is InChI=1S/C7H5N3O3S/c1-13-6(12)4-2-5(11)9-7-10(4)8-3-14-7/h2-3H,1H3. The van der Waals surface area contributed by atoms with E-state index in [1.54, 1.807) is 0 Å². The molecule has 0 radical (unpaired) electrons. The van der Waals surface area contributed by atoms with Crippen LogP contribution in [0.4, 0.5) is 0 Å². The Morgan fingerprint density at radius 2 is 2.43 bits per heavy atom. The van der Waals surface area contributed by atoms with E-state index in [1.165, 1.54) is 28.5 Å². The van der Waals surface area contributed by atoms with Crippen LogP contribution in [0.25, 0.3) is 4.96 Å². The van der Waals surface area contributed by atoms with Gasteiger partial charge in [0.05, 0.1) is 7.11 Å². The lowest BCUT2D eigenvalue weighted by Gasteiger charge is -1.99. The average molecular weight is 211 g/mol. The molecule has 0 unspecified atom stereocenters. The molecule has 72 valence electrons. The summed E-state index contributed by atoms with van der Waals surface area (Å²) in [6.07, 6.45) is 0. The Morgan fingerprint density at radius 3 is 3.14 bits per heavy atom. The van der Waals surface area contributed by atoms with Crippen LogP contribution in [0.3, 0.4) is 0 Å². The topological polar surface area (TPSA) is 73.6 Å². The van der Waals surface area contributed by atoms with E-state index in [0.29, 0.717) is 4.96 Å². The molecule has 0 aliphatic rings. The van der Waals surface area contributed by atoms with Crippen LogP contribution in [0.5, 0.6) is 0 Å². The Labute approximate surface area is 81.8 Å². The number of hydrogen-bond acceptors (Lipinski definition) is 6. The van der Waals surface area contributed by atoms with Crippen molar-refractivity contribution in [2.75, 3.05) is 7.11 Å². The minimum absolute atomic E-state index is 0.0868. The van der Waals surface area contributed by atoms with Crippen LogP contribution in [0.1, 0.15) is 10.5 Å². The van der Waals surface area contributed by atoms with Gasteiger partial charge in [0.1, 0.15) is 5.51 Å². The molecule has 0 aromatic carbocycles. The largest absolute Gasteiger partial charge is 0.464 e. The predicted octanol–water partition coefficient (Wildman–Crippen LogP) is -0.0624. The molecule has 0 aliphatic heterocycles. The summed E-state index contributed by atoms with van der Waals surface area (Å²) in [7, 11) is 1.24. The second-order valence-electron chi connectivity index (χ2n) is 2.40. The van der Waals surface area contributed by atoms with Crippen molar-refractivity contribution in [2.24, 2.45) is 0 Å². The number of carbonyl (C=O) groups excluding carboxylic acids is 1. The Kier molecular flexibility index (Phi) is 2.01. The minimum atomic E-state index is -0.606. The third-order valence-electron chi connectivity index (χ3n) is 1.59. The highest BCUT2D eigenvalue weighted by atomic mass is 32.1. The number of carbonyl (C=O) groups is 1. The van der Waals surface area contributed by atoms with Crippen molar-refractivity contribution >= 4 is 22.3 Å². The Hall–Kier alpha value is -1.76. The fraction of sp³-hybridized carbons (Fsp3) is 0.143. The number of ether oxygens (including phenoxy) is 1. The predicted molar refractivity (Wildman–Crippen MR) is 48.5 cm³/mol.